The van der Waals surface area contributed by atoms with Gasteiger partial charge in [-0.2, -0.15) is 0 Å². The first-order valence-electron chi connectivity index (χ1n) is 6.55. The van der Waals surface area contributed by atoms with E-state index in [4.69, 9.17) is 0 Å². The van der Waals surface area contributed by atoms with Gasteiger partial charge >= 0.3 is 0 Å². The Kier molecular flexibility index (Phi) is 15.2. The first kappa shape index (κ1) is 16.4. The lowest BCUT2D eigenvalue weighted by molar-refractivity contribution is 0.231. The molecule has 0 aromatic heterocycles. The van der Waals surface area contributed by atoms with Gasteiger partial charge in [0.2, 0.25) is 0 Å². The highest BCUT2D eigenvalue weighted by Crippen LogP contribution is 2.11. The van der Waals surface area contributed by atoms with Crippen LogP contribution in [0.5, 0.6) is 0 Å². The zero-order valence-electron chi connectivity index (χ0n) is 11.3. The molecule has 0 radical (unpaired) electrons. The van der Waals surface area contributed by atoms with Crippen LogP contribution in [-0.4, -0.2) is 24.0 Å². The average Bonchev–Trinajstić information content (AvgIpc) is 2.52. The van der Waals surface area contributed by atoms with Crippen LogP contribution < -0.4 is 0 Å². The van der Waals surface area contributed by atoms with Crippen LogP contribution in [0, 0.1) is 0 Å². The molecule has 0 aromatic carbocycles. The third-order valence-electron chi connectivity index (χ3n) is 2.37. The molecule has 1 saturated heterocycles. The van der Waals surface area contributed by atoms with E-state index in [1.807, 2.05) is 27.7 Å². The van der Waals surface area contributed by atoms with Gasteiger partial charge in [-0.15, -0.1) is 0 Å². The van der Waals surface area contributed by atoms with Crippen molar-refractivity contribution < 1.29 is 0 Å². The van der Waals surface area contributed by atoms with E-state index in [0.717, 1.165) is 6.04 Å². The summed E-state index contributed by atoms with van der Waals surface area (Å²) in [7, 11) is 0. The molecule has 14 heavy (non-hydrogen) atoms. The highest BCUT2D eigenvalue weighted by Gasteiger charge is 2.10. The van der Waals surface area contributed by atoms with E-state index in [1.165, 1.54) is 38.8 Å². The van der Waals surface area contributed by atoms with Gasteiger partial charge in [-0.3, -0.25) is 0 Å². The fourth-order valence-electron chi connectivity index (χ4n) is 1.61. The monoisotopic (exact) mass is 201 g/mol. The number of rotatable bonds is 1. The fraction of sp³-hybridized carbons (Fsp3) is 1.00. The highest BCUT2D eigenvalue weighted by atomic mass is 15.1. The Labute approximate surface area is 91.9 Å². The molecule has 0 unspecified atom stereocenters. The molecule has 0 N–H and O–H groups in total. The predicted molar refractivity (Wildman–Crippen MR) is 67.9 cm³/mol. The molecule has 0 aliphatic carbocycles. The minimum atomic E-state index is 0.762. The van der Waals surface area contributed by atoms with Gasteiger partial charge in [0, 0.05) is 6.04 Å². The van der Waals surface area contributed by atoms with E-state index in [9.17, 15) is 0 Å². The summed E-state index contributed by atoms with van der Waals surface area (Å²) in [6.07, 6.45) is 5.72. The molecule has 0 saturated carbocycles. The molecule has 0 bridgehead atoms. The molecule has 1 rings (SSSR count). The van der Waals surface area contributed by atoms with Gasteiger partial charge in [-0.25, -0.2) is 0 Å². The van der Waals surface area contributed by atoms with Crippen LogP contribution in [-0.2, 0) is 0 Å². The second-order valence-corrected chi connectivity index (χ2v) is 3.54. The molecular formula is C13H31N. The van der Waals surface area contributed by atoms with Gasteiger partial charge in [-0.1, -0.05) is 40.5 Å². The van der Waals surface area contributed by atoms with Crippen molar-refractivity contribution in [2.24, 2.45) is 0 Å². The van der Waals surface area contributed by atoms with Crippen LogP contribution in [0.2, 0.25) is 0 Å². The normalized spacial score (nSPS) is 17.4. The lowest BCUT2D eigenvalue weighted by atomic mass is 10.2. The summed E-state index contributed by atoms with van der Waals surface area (Å²) in [5.41, 5.74) is 0. The van der Waals surface area contributed by atoms with Gasteiger partial charge in [0.1, 0.15) is 0 Å². The highest BCUT2D eigenvalue weighted by molar-refractivity contribution is 4.66. The lowest BCUT2D eigenvalue weighted by Crippen LogP contribution is -2.31. The van der Waals surface area contributed by atoms with Crippen LogP contribution in [0.25, 0.3) is 0 Å². The Bertz CT molecular complexity index is 81.2. The van der Waals surface area contributed by atoms with Crippen molar-refractivity contribution in [3.8, 4) is 0 Å². The Morgan fingerprint density at radius 1 is 0.714 bits per heavy atom. The third kappa shape index (κ3) is 8.55. The van der Waals surface area contributed by atoms with Crippen molar-refractivity contribution in [3.05, 3.63) is 0 Å². The summed E-state index contributed by atoms with van der Waals surface area (Å²) in [6.45, 7) is 15.3. The topological polar surface area (TPSA) is 3.24 Å². The first-order valence-corrected chi connectivity index (χ1v) is 6.55. The molecule has 0 atom stereocenters. The summed E-state index contributed by atoms with van der Waals surface area (Å²) in [4.78, 5) is 2.59. The van der Waals surface area contributed by atoms with Crippen molar-refractivity contribution in [3.63, 3.8) is 0 Å². The number of likely N-dealkylation sites (tertiary alicyclic amines) is 1. The van der Waals surface area contributed by atoms with Gasteiger partial charge in [0.05, 0.1) is 0 Å². The second-order valence-electron chi connectivity index (χ2n) is 3.54. The number of hydrogen-bond donors (Lipinski definition) is 0. The average molecular weight is 201 g/mol. The summed E-state index contributed by atoms with van der Waals surface area (Å²) in [5.74, 6) is 0. The van der Waals surface area contributed by atoms with Crippen molar-refractivity contribution in [1.29, 1.82) is 0 Å². The number of hydrogen-bond acceptors (Lipinski definition) is 1. The van der Waals surface area contributed by atoms with E-state index in [-0.39, 0.29) is 0 Å². The SMILES string of the molecule is CC.CC.CC(C)N1CCCCCC1. The van der Waals surface area contributed by atoms with Crippen molar-refractivity contribution in [2.45, 2.75) is 73.3 Å². The fourth-order valence-corrected chi connectivity index (χ4v) is 1.61. The first-order chi connectivity index (χ1) is 6.80. The lowest BCUT2D eigenvalue weighted by Gasteiger charge is -2.23. The Morgan fingerprint density at radius 3 is 1.36 bits per heavy atom. The molecule has 0 aromatic rings. The summed E-state index contributed by atoms with van der Waals surface area (Å²) in [5, 5.41) is 0. The van der Waals surface area contributed by atoms with Crippen LogP contribution in [0.15, 0.2) is 0 Å². The van der Waals surface area contributed by atoms with Gasteiger partial charge in [-0.05, 0) is 39.8 Å². The minimum absolute atomic E-state index is 0.762. The van der Waals surface area contributed by atoms with Crippen molar-refractivity contribution in [2.75, 3.05) is 13.1 Å². The van der Waals surface area contributed by atoms with Crippen molar-refractivity contribution >= 4 is 0 Å². The molecule has 1 heterocycles. The third-order valence-corrected chi connectivity index (χ3v) is 2.37. The largest absolute Gasteiger partial charge is 0.301 e. The molecule has 1 heteroatoms. The maximum Gasteiger partial charge on any atom is 0.00385 e. The molecule has 0 spiro atoms. The minimum Gasteiger partial charge on any atom is -0.301 e. The Morgan fingerprint density at radius 2 is 1.07 bits per heavy atom. The molecule has 0 amide bonds. The predicted octanol–water partition coefficient (Wildman–Crippen LogP) is 4.32. The molecule has 1 fully saturated rings. The zero-order chi connectivity index (χ0) is 11.4. The van der Waals surface area contributed by atoms with Crippen LogP contribution >= 0.6 is 0 Å². The van der Waals surface area contributed by atoms with Crippen LogP contribution in [0.4, 0.5) is 0 Å². The second kappa shape index (κ2) is 13.0. The molecule has 88 valence electrons. The van der Waals surface area contributed by atoms with E-state index in [0.29, 0.717) is 0 Å². The van der Waals surface area contributed by atoms with E-state index in [1.54, 1.807) is 0 Å². The van der Waals surface area contributed by atoms with Crippen LogP contribution in [0.3, 0.4) is 0 Å². The Balaban J connectivity index is 0. The quantitative estimate of drug-likeness (QED) is 0.610. The zero-order valence-corrected chi connectivity index (χ0v) is 11.3. The molecule has 1 aliphatic rings. The van der Waals surface area contributed by atoms with E-state index in [2.05, 4.69) is 18.7 Å². The van der Waals surface area contributed by atoms with Gasteiger partial charge < -0.3 is 4.90 Å². The van der Waals surface area contributed by atoms with Crippen molar-refractivity contribution in [1.82, 2.24) is 4.90 Å². The van der Waals surface area contributed by atoms with Gasteiger partial charge in [0.15, 0.2) is 0 Å². The molecule has 1 aliphatic heterocycles. The summed E-state index contributed by atoms with van der Waals surface area (Å²) in [6, 6.07) is 0.762. The smallest absolute Gasteiger partial charge is 0.00385 e. The summed E-state index contributed by atoms with van der Waals surface area (Å²) >= 11 is 0. The van der Waals surface area contributed by atoms with E-state index < -0.39 is 0 Å². The molecule has 1 nitrogen and oxygen atoms in total. The summed E-state index contributed by atoms with van der Waals surface area (Å²) < 4.78 is 0. The van der Waals surface area contributed by atoms with Gasteiger partial charge in [0.25, 0.3) is 0 Å². The van der Waals surface area contributed by atoms with E-state index >= 15 is 0 Å². The standard InChI is InChI=1S/C9H19N.2C2H6/c1-9(2)10-7-5-3-4-6-8-10;2*1-2/h9H,3-8H2,1-2H3;2*1-2H3. The maximum atomic E-state index is 2.59. The number of nitrogens with zero attached hydrogens (tertiary/aromatic N) is 1. The Hall–Kier alpha value is -0.0400. The maximum absolute atomic E-state index is 2.59. The molecular weight excluding hydrogens is 170 g/mol. The van der Waals surface area contributed by atoms with Crippen LogP contribution in [0.1, 0.15) is 67.2 Å².